The van der Waals surface area contributed by atoms with Gasteiger partial charge in [-0.05, 0) is 24.3 Å². The van der Waals surface area contributed by atoms with Crippen molar-refractivity contribution in [3.63, 3.8) is 0 Å². The Morgan fingerprint density at radius 1 is 0.621 bits per heavy atom. The van der Waals surface area contributed by atoms with E-state index in [2.05, 4.69) is 24.3 Å². The predicted octanol–water partition coefficient (Wildman–Crippen LogP) is 7.99. The quantitative estimate of drug-likeness (QED) is 0.167. The number of halogens is 6. The van der Waals surface area contributed by atoms with Crippen LogP contribution in [0.15, 0.2) is 101 Å². The molecule has 0 unspecified atom stereocenters. The average molecular weight is 450 g/mol. The maximum absolute atomic E-state index is 12.6. The second kappa shape index (κ2) is 8.20. The summed E-state index contributed by atoms with van der Waals surface area (Å²) in [6.45, 7) is 0. The molecule has 0 heterocycles. The molecule has 0 saturated heterocycles. The maximum atomic E-state index is 12.6. The van der Waals surface area contributed by atoms with Gasteiger partial charge in [-0.3, -0.25) is 4.79 Å². The molecular weight excluding hydrogens is 433 g/mol. The van der Waals surface area contributed by atoms with Crippen LogP contribution in [0.4, 0.5) is 25.2 Å². The van der Waals surface area contributed by atoms with Gasteiger partial charge in [-0.2, -0.15) is 0 Å². The molecule has 0 bridgehead atoms. The molecule has 0 amide bonds. The minimum absolute atomic E-state index is 0.191. The van der Waals surface area contributed by atoms with Crippen LogP contribution < -0.4 is 0 Å². The molecule has 0 N–H and O–H groups in total. The monoisotopic (exact) mass is 450 g/mol. The van der Waals surface area contributed by atoms with E-state index in [1.165, 1.54) is 9.79 Å². The average Bonchev–Trinajstić information content (AvgIpc) is 2.65. The zero-order valence-corrected chi connectivity index (χ0v) is 16.6. The van der Waals surface area contributed by atoms with Gasteiger partial charge in [0.2, 0.25) is 5.78 Å². The number of rotatable bonds is 5. The fourth-order valence-corrected chi connectivity index (χ4v) is 4.32. The van der Waals surface area contributed by atoms with Gasteiger partial charge in [0.15, 0.2) is 15.5 Å². The topological polar surface area (TPSA) is 17.1 Å². The van der Waals surface area contributed by atoms with E-state index >= 15 is 0 Å². The molecule has 29 heavy (non-hydrogen) atoms. The third-order valence-corrected chi connectivity index (χ3v) is 5.66. The fourth-order valence-electron chi connectivity index (χ4n) is 2.31. The van der Waals surface area contributed by atoms with Crippen molar-refractivity contribution in [2.24, 2.45) is 0 Å². The number of hydrogen-bond donors (Lipinski definition) is 0. The van der Waals surface area contributed by atoms with E-state index < -0.39 is 7.81 Å². The largest absolute Gasteiger partial charge is 0.289 e. The van der Waals surface area contributed by atoms with Crippen LogP contribution in [-0.2, 0) is 10.9 Å². The van der Waals surface area contributed by atoms with Crippen LogP contribution in [-0.4, -0.2) is 11.5 Å². The summed E-state index contributed by atoms with van der Waals surface area (Å²) in [5.41, 5.74) is 0.784. The van der Waals surface area contributed by atoms with E-state index in [4.69, 9.17) is 0 Å². The van der Waals surface area contributed by atoms with Gasteiger partial charge in [-0.15, -0.1) is 0 Å². The molecule has 156 valence electrons. The van der Waals surface area contributed by atoms with Gasteiger partial charge in [0, 0.05) is 5.56 Å². The summed E-state index contributed by atoms with van der Waals surface area (Å²) in [5.74, 6) is 0.703. The molecule has 0 atom stereocenters. The molecule has 0 radical (unpaired) electrons. The molecule has 0 aliphatic heterocycles. The second-order valence-corrected chi connectivity index (χ2v) is 9.84. The molecule has 0 aliphatic carbocycles. The Morgan fingerprint density at radius 2 is 0.931 bits per heavy atom. The smallest absolute Gasteiger partial charge is 0.212 e. The molecule has 1 nitrogen and oxygen atoms in total. The van der Waals surface area contributed by atoms with Crippen molar-refractivity contribution in [1.82, 2.24) is 0 Å². The number of ketones is 1. The molecule has 0 fully saturated rings. The Morgan fingerprint density at radius 3 is 1.28 bits per heavy atom. The summed E-state index contributed by atoms with van der Waals surface area (Å²) < 4.78 is 59.2. The minimum Gasteiger partial charge on any atom is -0.289 e. The van der Waals surface area contributed by atoms with Crippen LogP contribution in [0.1, 0.15) is 10.4 Å². The van der Waals surface area contributed by atoms with Gasteiger partial charge < -0.3 is 0 Å². The van der Waals surface area contributed by atoms with Gasteiger partial charge in [0.05, 0.1) is 10.9 Å². The predicted molar refractivity (Wildman–Crippen MR) is 106 cm³/mol. The second-order valence-electron chi connectivity index (χ2n) is 5.91. The van der Waals surface area contributed by atoms with Crippen molar-refractivity contribution < 1.29 is 30.0 Å². The molecule has 0 spiro atoms. The Kier molecular flexibility index (Phi) is 6.50. The maximum Gasteiger partial charge on any atom is 0.212 e. The summed E-state index contributed by atoms with van der Waals surface area (Å²) >= 11 is 0. The molecule has 0 aliphatic rings. The zero-order valence-electron chi connectivity index (χ0n) is 14.9. The van der Waals surface area contributed by atoms with Crippen molar-refractivity contribution in [3.05, 3.63) is 96.6 Å². The van der Waals surface area contributed by atoms with Crippen molar-refractivity contribution in [3.8, 4) is 0 Å². The minimum atomic E-state index is -10.7. The first-order valence-electron chi connectivity index (χ1n) is 8.25. The zero-order chi connectivity index (χ0) is 21.6. The molecule has 3 aromatic rings. The van der Waals surface area contributed by atoms with E-state index in [0.29, 0.717) is 5.75 Å². The van der Waals surface area contributed by atoms with Crippen molar-refractivity contribution in [2.75, 3.05) is 5.75 Å². The molecule has 3 rings (SSSR count). The Hall–Kier alpha value is -2.31. The molecule has 9 heteroatoms. The molecule has 3 aromatic carbocycles. The first-order chi connectivity index (χ1) is 13.3. The van der Waals surface area contributed by atoms with Gasteiger partial charge in [-0.1, -0.05) is 66.7 Å². The summed E-state index contributed by atoms with van der Waals surface area (Å²) in [7, 11) is -10.9. The first-order valence-corrected chi connectivity index (χ1v) is 11.7. The van der Waals surface area contributed by atoms with Crippen LogP contribution in [0.25, 0.3) is 0 Å². The van der Waals surface area contributed by atoms with E-state index in [1.807, 2.05) is 66.7 Å². The van der Waals surface area contributed by atoms with Gasteiger partial charge >= 0.3 is 33.0 Å². The third kappa shape index (κ3) is 10.1. The summed E-state index contributed by atoms with van der Waals surface area (Å²) in [6.07, 6.45) is 0. The van der Waals surface area contributed by atoms with Crippen molar-refractivity contribution in [2.45, 2.75) is 9.79 Å². The molecule has 0 aromatic heterocycles. The first kappa shape index (κ1) is 23.0. The van der Waals surface area contributed by atoms with Crippen molar-refractivity contribution in [1.29, 1.82) is 0 Å². The van der Waals surface area contributed by atoms with Gasteiger partial charge in [-0.25, -0.2) is 0 Å². The normalized spacial score (nSPS) is 13.6. The Bertz CT molecular complexity index is 882. The number of hydrogen-bond acceptors (Lipinski definition) is 1. The summed E-state index contributed by atoms with van der Waals surface area (Å²) in [6, 6.07) is 30.1. The van der Waals surface area contributed by atoms with Crippen molar-refractivity contribution >= 4 is 24.5 Å². The van der Waals surface area contributed by atoms with E-state index in [9.17, 15) is 30.0 Å². The number of carbonyl (C=O) groups is 1. The van der Waals surface area contributed by atoms with E-state index in [1.54, 1.807) is 0 Å². The molecule has 0 saturated carbocycles. The van der Waals surface area contributed by atoms with Gasteiger partial charge in [0.1, 0.15) is 0 Å². The van der Waals surface area contributed by atoms with Crippen LogP contribution >= 0.6 is 7.81 Å². The standard InChI is InChI=1S/C20H17OS.F6P/c21-20(17-10-4-1-5-11-17)16-22(18-12-6-2-7-13-18)19-14-8-3-9-15-19;1-7(2,3,4,5)6/h1-15H,16H2;/q+1;-1. The van der Waals surface area contributed by atoms with Gasteiger partial charge in [0.25, 0.3) is 0 Å². The van der Waals surface area contributed by atoms with Crippen LogP contribution in [0.2, 0.25) is 0 Å². The van der Waals surface area contributed by atoms with Crippen LogP contribution in [0.5, 0.6) is 0 Å². The Balaban J connectivity index is 0.000000370. The number of carbonyl (C=O) groups excluding carboxylic acids is 1. The third-order valence-electron chi connectivity index (χ3n) is 3.43. The van der Waals surface area contributed by atoms with Crippen LogP contribution in [0, 0.1) is 0 Å². The summed E-state index contributed by atoms with van der Waals surface area (Å²) in [4.78, 5) is 15.0. The Labute approximate surface area is 167 Å². The summed E-state index contributed by atoms with van der Waals surface area (Å²) in [5, 5.41) is 0. The van der Waals surface area contributed by atoms with E-state index in [0.717, 1.165) is 5.56 Å². The van der Waals surface area contributed by atoms with E-state index in [-0.39, 0.29) is 16.7 Å². The number of benzene rings is 3. The molecular formula is C20H17F6OPS. The number of Topliss-reactive ketones (excluding diaryl/α,β-unsaturated/α-hetero) is 1. The SMILES string of the molecule is F[P-](F)(F)(F)(F)F.O=C(C[S+](c1ccccc1)c1ccccc1)c1ccccc1. The van der Waals surface area contributed by atoms with Crippen LogP contribution in [0.3, 0.4) is 0 Å². The fraction of sp³-hybridized carbons (Fsp3) is 0.0500.